The van der Waals surface area contributed by atoms with Crippen molar-refractivity contribution in [1.29, 1.82) is 5.26 Å². The van der Waals surface area contributed by atoms with Gasteiger partial charge in [0, 0.05) is 0 Å². The molecule has 0 bridgehead atoms. The molecule has 0 saturated heterocycles. The number of nitrogens with zero attached hydrogens (tertiary/aromatic N) is 1. The van der Waals surface area contributed by atoms with E-state index in [1.807, 2.05) is 24.3 Å². The summed E-state index contributed by atoms with van der Waals surface area (Å²) in [6, 6.07) is 27.1. The summed E-state index contributed by atoms with van der Waals surface area (Å²) in [6.07, 6.45) is 0. The molecular formula is C22H15N. The van der Waals surface area contributed by atoms with Gasteiger partial charge in [-0.2, -0.15) is 5.26 Å². The molecule has 0 aliphatic rings. The van der Waals surface area contributed by atoms with Crippen LogP contribution in [0.5, 0.6) is 0 Å². The zero-order valence-electron chi connectivity index (χ0n) is 12.9. The van der Waals surface area contributed by atoms with Crippen molar-refractivity contribution < 1.29 is 0 Å². The van der Waals surface area contributed by atoms with Crippen molar-refractivity contribution in [3.05, 3.63) is 83.9 Å². The number of hydrogen-bond acceptors (Lipinski definition) is 1. The summed E-state index contributed by atoms with van der Waals surface area (Å²) in [5.41, 5.74) is 4.39. The van der Waals surface area contributed by atoms with E-state index < -0.39 is 0 Å². The van der Waals surface area contributed by atoms with Crippen LogP contribution in [0.2, 0.25) is 0 Å². The van der Waals surface area contributed by atoms with E-state index >= 15 is 0 Å². The fourth-order valence-electron chi connectivity index (χ4n) is 3.37. The molecule has 0 aliphatic carbocycles. The monoisotopic (exact) mass is 293 g/mol. The quantitative estimate of drug-likeness (QED) is 0.404. The van der Waals surface area contributed by atoms with E-state index in [0.717, 1.165) is 5.56 Å². The summed E-state index contributed by atoms with van der Waals surface area (Å²) < 4.78 is 0. The first-order valence-electron chi connectivity index (χ1n) is 7.70. The van der Waals surface area contributed by atoms with Crippen molar-refractivity contribution in [2.45, 2.75) is 6.92 Å². The standard InChI is InChI=1S/C22H15N/c1-15-18-6-2-4-8-20(18)22(21-9-5-3-7-19(15)21)17-12-10-16(14-23)11-13-17/h2-13H,1H3. The molecule has 4 rings (SSSR count). The van der Waals surface area contributed by atoms with Gasteiger partial charge in [0.1, 0.15) is 0 Å². The first-order chi connectivity index (χ1) is 11.3. The number of benzene rings is 4. The third-order valence-corrected chi connectivity index (χ3v) is 4.50. The SMILES string of the molecule is Cc1c2ccccc2c(-c2ccc(C#N)cc2)c2ccccc12. The van der Waals surface area contributed by atoms with E-state index in [1.165, 1.54) is 32.7 Å². The molecule has 0 aromatic heterocycles. The highest BCUT2D eigenvalue weighted by molar-refractivity contribution is 6.14. The average Bonchev–Trinajstić information content (AvgIpc) is 2.63. The Labute approximate surface area is 135 Å². The molecule has 0 aliphatic heterocycles. The van der Waals surface area contributed by atoms with E-state index in [4.69, 9.17) is 5.26 Å². The van der Waals surface area contributed by atoms with Gasteiger partial charge in [-0.15, -0.1) is 0 Å². The third kappa shape index (κ3) is 2.08. The van der Waals surface area contributed by atoms with Crippen LogP contribution in [0.3, 0.4) is 0 Å². The predicted molar refractivity (Wildman–Crippen MR) is 96.3 cm³/mol. The van der Waals surface area contributed by atoms with Crippen LogP contribution in [-0.2, 0) is 0 Å². The summed E-state index contributed by atoms with van der Waals surface area (Å²) in [6.45, 7) is 2.19. The molecule has 0 N–H and O–H groups in total. The van der Waals surface area contributed by atoms with Crippen molar-refractivity contribution >= 4 is 21.5 Å². The second kappa shape index (κ2) is 5.26. The molecule has 1 nitrogen and oxygen atoms in total. The molecule has 4 aromatic carbocycles. The maximum Gasteiger partial charge on any atom is 0.0991 e. The fourth-order valence-corrected chi connectivity index (χ4v) is 3.37. The minimum Gasteiger partial charge on any atom is -0.192 e. The molecule has 1 heteroatoms. The molecule has 0 fully saturated rings. The molecule has 4 aromatic rings. The Bertz CT molecular complexity index is 1010. The van der Waals surface area contributed by atoms with Gasteiger partial charge in [-0.25, -0.2) is 0 Å². The van der Waals surface area contributed by atoms with Crippen LogP contribution >= 0.6 is 0 Å². The second-order valence-corrected chi connectivity index (χ2v) is 5.78. The normalized spacial score (nSPS) is 10.8. The van der Waals surface area contributed by atoms with Crippen LogP contribution in [0.1, 0.15) is 11.1 Å². The van der Waals surface area contributed by atoms with Gasteiger partial charge >= 0.3 is 0 Å². The number of hydrogen-bond donors (Lipinski definition) is 0. The molecular weight excluding hydrogens is 278 g/mol. The lowest BCUT2D eigenvalue weighted by atomic mass is 9.89. The summed E-state index contributed by atoms with van der Waals surface area (Å²) in [5.74, 6) is 0. The molecule has 0 saturated carbocycles. The fraction of sp³-hybridized carbons (Fsp3) is 0.0455. The molecule has 0 spiro atoms. The van der Waals surface area contributed by atoms with E-state index in [-0.39, 0.29) is 0 Å². The van der Waals surface area contributed by atoms with Crippen LogP contribution in [0, 0.1) is 18.3 Å². The van der Waals surface area contributed by atoms with Gasteiger partial charge in [-0.3, -0.25) is 0 Å². The Morgan fingerprint density at radius 1 is 0.652 bits per heavy atom. The van der Waals surface area contributed by atoms with E-state index in [0.29, 0.717) is 5.56 Å². The summed E-state index contributed by atoms with van der Waals surface area (Å²) >= 11 is 0. The maximum atomic E-state index is 9.03. The Kier molecular flexibility index (Phi) is 3.10. The molecule has 108 valence electrons. The van der Waals surface area contributed by atoms with Crippen LogP contribution < -0.4 is 0 Å². The van der Waals surface area contributed by atoms with Gasteiger partial charge in [0.25, 0.3) is 0 Å². The van der Waals surface area contributed by atoms with E-state index in [9.17, 15) is 0 Å². The number of fused-ring (bicyclic) bond motifs is 2. The topological polar surface area (TPSA) is 23.8 Å². The number of nitriles is 1. The number of rotatable bonds is 1. The zero-order valence-corrected chi connectivity index (χ0v) is 12.9. The maximum absolute atomic E-state index is 9.03. The van der Waals surface area contributed by atoms with Gasteiger partial charge in [0.15, 0.2) is 0 Å². The lowest BCUT2D eigenvalue weighted by Crippen LogP contribution is -1.89. The molecule has 0 unspecified atom stereocenters. The van der Waals surface area contributed by atoms with Crippen molar-refractivity contribution in [3.63, 3.8) is 0 Å². The predicted octanol–water partition coefficient (Wildman–Crippen LogP) is 5.84. The Hall–Kier alpha value is -3.11. The molecule has 0 radical (unpaired) electrons. The number of aryl methyl sites for hydroxylation is 1. The lowest BCUT2D eigenvalue weighted by molar-refractivity contribution is 1.48. The second-order valence-electron chi connectivity index (χ2n) is 5.78. The Morgan fingerprint density at radius 2 is 1.13 bits per heavy atom. The largest absolute Gasteiger partial charge is 0.192 e. The van der Waals surface area contributed by atoms with Gasteiger partial charge in [0.2, 0.25) is 0 Å². The Balaban J connectivity index is 2.18. The van der Waals surface area contributed by atoms with Crippen LogP contribution in [0.4, 0.5) is 0 Å². The highest BCUT2D eigenvalue weighted by Gasteiger charge is 2.12. The summed E-state index contributed by atoms with van der Waals surface area (Å²) in [5, 5.41) is 14.1. The highest BCUT2D eigenvalue weighted by Crippen LogP contribution is 2.38. The Morgan fingerprint density at radius 3 is 1.61 bits per heavy atom. The van der Waals surface area contributed by atoms with Crippen molar-refractivity contribution in [1.82, 2.24) is 0 Å². The van der Waals surface area contributed by atoms with Gasteiger partial charge in [-0.05, 0) is 57.3 Å². The molecule has 23 heavy (non-hydrogen) atoms. The smallest absolute Gasteiger partial charge is 0.0991 e. The van der Waals surface area contributed by atoms with Crippen LogP contribution in [0.25, 0.3) is 32.7 Å². The van der Waals surface area contributed by atoms with Crippen molar-refractivity contribution in [2.24, 2.45) is 0 Å². The lowest BCUT2D eigenvalue weighted by Gasteiger charge is -2.15. The minimum absolute atomic E-state index is 0.689. The highest BCUT2D eigenvalue weighted by atomic mass is 14.2. The van der Waals surface area contributed by atoms with Crippen molar-refractivity contribution in [2.75, 3.05) is 0 Å². The average molecular weight is 293 g/mol. The first kappa shape index (κ1) is 13.5. The molecule has 0 heterocycles. The zero-order chi connectivity index (χ0) is 15.8. The van der Waals surface area contributed by atoms with E-state index in [1.54, 1.807) is 0 Å². The molecule has 0 amide bonds. The van der Waals surface area contributed by atoms with Crippen LogP contribution in [-0.4, -0.2) is 0 Å². The van der Waals surface area contributed by atoms with Gasteiger partial charge in [-0.1, -0.05) is 60.7 Å². The van der Waals surface area contributed by atoms with Gasteiger partial charge in [0.05, 0.1) is 11.6 Å². The van der Waals surface area contributed by atoms with Crippen molar-refractivity contribution in [3.8, 4) is 17.2 Å². The van der Waals surface area contributed by atoms with Gasteiger partial charge < -0.3 is 0 Å². The summed E-state index contributed by atoms with van der Waals surface area (Å²) in [4.78, 5) is 0. The van der Waals surface area contributed by atoms with E-state index in [2.05, 4.69) is 61.5 Å². The van der Waals surface area contributed by atoms with Crippen LogP contribution in [0.15, 0.2) is 72.8 Å². The minimum atomic E-state index is 0.689. The third-order valence-electron chi connectivity index (χ3n) is 4.50. The first-order valence-corrected chi connectivity index (χ1v) is 7.70. The molecule has 0 atom stereocenters. The summed E-state index contributed by atoms with van der Waals surface area (Å²) in [7, 11) is 0.